The van der Waals surface area contributed by atoms with E-state index in [-0.39, 0.29) is 29.5 Å². The van der Waals surface area contributed by atoms with Gasteiger partial charge in [0, 0.05) is 52.5 Å². The Morgan fingerprint density at radius 2 is 1.81 bits per heavy atom. The van der Waals surface area contributed by atoms with E-state index in [1.807, 2.05) is 7.05 Å². The minimum atomic E-state index is 0. The first-order chi connectivity index (χ1) is 12.8. The average Bonchev–Trinajstić information content (AvgIpc) is 2.71. The molecule has 0 aromatic heterocycles. The summed E-state index contributed by atoms with van der Waals surface area (Å²) in [5.41, 5.74) is 0.253. The lowest BCUT2D eigenvalue weighted by molar-refractivity contribution is -0.0352. The molecule has 7 nitrogen and oxygen atoms in total. The summed E-state index contributed by atoms with van der Waals surface area (Å²) < 4.78 is 16.0. The van der Waals surface area contributed by atoms with Crippen LogP contribution in [0.1, 0.15) is 38.5 Å². The van der Waals surface area contributed by atoms with Crippen molar-refractivity contribution in [3.63, 3.8) is 0 Å². The maximum Gasteiger partial charge on any atom is 0.191 e. The van der Waals surface area contributed by atoms with Gasteiger partial charge in [0.05, 0.1) is 26.4 Å². The second kappa shape index (κ2) is 14.8. The lowest BCUT2D eigenvalue weighted by atomic mass is 9.80. The van der Waals surface area contributed by atoms with Gasteiger partial charge in [-0.05, 0) is 19.3 Å². The molecular formula is C19H39IN4O3. The first-order valence-corrected chi connectivity index (χ1v) is 10.1. The molecule has 1 aliphatic heterocycles. The van der Waals surface area contributed by atoms with Crippen LogP contribution in [-0.4, -0.2) is 89.8 Å². The lowest BCUT2D eigenvalue weighted by Crippen LogP contribution is -2.60. The van der Waals surface area contributed by atoms with E-state index in [0.717, 1.165) is 58.4 Å². The number of hydrogen-bond acceptors (Lipinski definition) is 5. The molecule has 1 heterocycles. The summed E-state index contributed by atoms with van der Waals surface area (Å²) in [5, 5.41) is 6.99. The minimum Gasteiger partial charge on any atom is -0.382 e. The Labute approximate surface area is 182 Å². The molecule has 2 fully saturated rings. The van der Waals surface area contributed by atoms with E-state index in [0.29, 0.717) is 13.2 Å². The number of methoxy groups -OCH3 is 1. The van der Waals surface area contributed by atoms with Gasteiger partial charge in [0.15, 0.2) is 5.96 Å². The van der Waals surface area contributed by atoms with Crippen molar-refractivity contribution < 1.29 is 14.2 Å². The number of ether oxygens (including phenoxy) is 3. The van der Waals surface area contributed by atoms with Gasteiger partial charge in [-0.1, -0.05) is 19.3 Å². The Balaban J connectivity index is 0.00000364. The summed E-state index contributed by atoms with van der Waals surface area (Å²) in [7, 11) is 3.53. The molecular weight excluding hydrogens is 459 g/mol. The number of hydrogen-bond donors (Lipinski definition) is 2. The van der Waals surface area contributed by atoms with Crippen LogP contribution in [0.2, 0.25) is 0 Å². The van der Waals surface area contributed by atoms with Crippen molar-refractivity contribution in [3.05, 3.63) is 0 Å². The molecule has 2 N–H and O–H groups in total. The van der Waals surface area contributed by atoms with Crippen LogP contribution in [0.3, 0.4) is 0 Å². The summed E-state index contributed by atoms with van der Waals surface area (Å²) in [6.07, 6.45) is 7.50. The van der Waals surface area contributed by atoms with Crippen LogP contribution >= 0.6 is 24.0 Å². The third-order valence-electron chi connectivity index (χ3n) is 5.46. The van der Waals surface area contributed by atoms with Gasteiger partial charge in [-0.2, -0.15) is 0 Å². The molecule has 1 saturated carbocycles. The maximum atomic E-state index is 5.57. The normalized spacial score (nSPS) is 20.7. The summed E-state index contributed by atoms with van der Waals surface area (Å²) in [4.78, 5) is 7.04. The summed E-state index contributed by atoms with van der Waals surface area (Å²) >= 11 is 0. The predicted octanol–water partition coefficient (Wildman–Crippen LogP) is 1.86. The fraction of sp³-hybridized carbons (Fsp3) is 0.947. The van der Waals surface area contributed by atoms with Gasteiger partial charge in [0.2, 0.25) is 0 Å². The van der Waals surface area contributed by atoms with E-state index in [1.165, 1.54) is 32.1 Å². The quantitative estimate of drug-likeness (QED) is 0.208. The maximum absolute atomic E-state index is 5.57. The van der Waals surface area contributed by atoms with Crippen LogP contribution in [-0.2, 0) is 14.2 Å². The Kier molecular flexibility index (Phi) is 13.6. The van der Waals surface area contributed by atoms with Crippen molar-refractivity contribution in [2.24, 2.45) is 4.99 Å². The van der Waals surface area contributed by atoms with Crippen LogP contribution < -0.4 is 10.6 Å². The zero-order valence-electron chi connectivity index (χ0n) is 17.1. The lowest BCUT2D eigenvalue weighted by Gasteiger charge is -2.48. The number of rotatable bonds is 10. The van der Waals surface area contributed by atoms with E-state index in [1.54, 1.807) is 7.11 Å². The molecule has 1 saturated heterocycles. The average molecular weight is 498 g/mol. The van der Waals surface area contributed by atoms with Crippen LogP contribution in [0.5, 0.6) is 0 Å². The number of aliphatic imine (C=N–C) groups is 1. The highest BCUT2D eigenvalue weighted by molar-refractivity contribution is 14.0. The van der Waals surface area contributed by atoms with Gasteiger partial charge < -0.3 is 24.8 Å². The molecule has 0 atom stereocenters. The van der Waals surface area contributed by atoms with Crippen LogP contribution in [0.25, 0.3) is 0 Å². The van der Waals surface area contributed by atoms with Gasteiger partial charge in [-0.25, -0.2) is 0 Å². The molecule has 0 amide bonds. The first-order valence-electron chi connectivity index (χ1n) is 10.1. The highest BCUT2D eigenvalue weighted by Crippen LogP contribution is 2.33. The van der Waals surface area contributed by atoms with Crippen molar-refractivity contribution in [2.45, 2.75) is 44.1 Å². The van der Waals surface area contributed by atoms with E-state index < -0.39 is 0 Å². The molecule has 0 aromatic carbocycles. The van der Waals surface area contributed by atoms with E-state index in [2.05, 4.69) is 20.5 Å². The van der Waals surface area contributed by atoms with Crippen molar-refractivity contribution in [3.8, 4) is 0 Å². The third kappa shape index (κ3) is 8.81. The highest BCUT2D eigenvalue weighted by Gasteiger charge is 2.38. The van der Waals surface area contributed by atoms with Gasteiger partial charge in [-0.15, -0.1) is 24.0 Å². The smallest absolute Gasteiger partial charge is 0.191 e. The summed E-state index contributed by atoms with van der Waals surface area (Å²) in [6.45, 7) is 7.68. The van der Waals surface area contributed by atoms with Crippen LogP contribution in [0, 0.1) is 0 Å². The number of halogens is 1. The van der Waals surface area contributed by atoms with Gasteiger partial charge >= 0.3 is 0 Å². The SMILES string of the molecule is CN=C(NCCCOCCOC)NCC1(N2CCOCC2)CCCCC1.I. The van der Waals surface area contributed by atoms with Crippen LogP contribution in [0.4, 0.5) is 0 Å². The fourth-order valence-electron chi connectivity index (χ4n) is 3.95. The molecule has 1 aliphatic carbocycles. The topological polar surface area (TPSA) is 67.4 Å². The number of morpholine rings is 1. The second-order valence-corrected chi connectivity index (χ2v) is 7.20. The first kappa shape index (κ1) is 24.9. The largest absolute Gasteiger partial charge is 0.382 e. The predicted molar refractivity (Wildman–Crippen MR) is 120 cm³/mol. The molecule has 0 bridgehead atoms. The Bertz CT molecular complexity index is 400. The third-order valence-corrected chi connectivity index (χ3v) is 5.46. The molecule has 8 heteroatoms. The Morgan fingerprint density at radius 3 is 2.48 bits per heavy atom. The van der Waals surface area contributed by atoms with Crippen molar-refractivity contribution >= 4 is 29.9 Å². The van der Waals surface area contributed by atoms with Crippen molar-refractivity contribution in [1.82, 2.24) is 15.5 Å². The van der Waals surface area contributed by atoms with Gasteiger partial charge in [0.1, 0.15) is 0 Å². The number of nitrogens with zero attached hydrogens (tertiary/aromatic N) is 2. The van der Waals surface area contributed by atoms with Gasteiger partial charge in [0.25, 0.3) is 0 Å². The molecule has 0 unspecified atom stereocenters. The van der Waals surface area contributed by atoms with E-state index in [4.69, 9.17) is 14.2 Å². The summed E-state index contributed by atoms with van der Waals surface area (Å²) in [5.74, 6) is 0.889. The van der Waals surface area contributed by atoms with E-state index in [9.17, 15) is 0 Å². The van der Waals surface area contributed by atoms with Gasteiger partial charge in [-0.3, -0.25) is 9.89 Å². The number of guanidine groups is 1. The van der Waals surface area contributed by atoms with E-state index >= 15 is 0 Å². The molecule has 160 valence electrons. The molecule has 2 rings (SSSR count). The molecule has 27 heavy (non-hydrogen) atoms. The Morgan fingerprint density at radius 1 is 1.07 bits per heavy atom. The van der Waals surface area contributed by atoms with Crippen LogP contribution in [0.15, 0.2) is 4.99 Å². The molecule has 0 spiro atoms. The standard InChI is InChI=1S/C19H38N4O3.HI/c1-20-18(21-9-6-12-25-16-15-24-2)22-17-19(7-4-3-5-8-19)23-10-13-26-14-11-23;/h3-17H2,1-2H3,(H2,20,21,22);1H. The zero-order valence-corrected chi connectivity index (χ0v) is 19.5. The van der Waals surface area contributed by atoms with Crippen molar-refractivity contribution in [1.29, 1.82) is 0 Å². The molecule has 0 radical (unpaired) electrons. The monoisotopic (exact) mass is 498 g/mol. The second-order valence-electron chi connectivity index (χ2n) is 7.20. The highest BCUT2D eigenvalue weighted by atomic mass is 127. The summed E-state index contributed by atoms with van der Waals surface area (Å²) in [6, 6.07) is 0. The Hall–Kier alpha value is -0.160. The minimum absolute atomic E-state index is 0. The zero-order chi connectivity index (χ0) is 18.5. The molecule has 2 aliphatic rings. The fourth-order valence-corrected chi connectivity index (χ4v) is 3.95. The molecule has 0 aromatic rings. The van der Waals surface area contributed by atoms with Crippen molar-refractivity contribution in [2.75, 3.05) is 73.4 Å². The number of nitrogens with one attached hydrogen (secondary N) is 2.